The average Bonchev–Trinajstić information content (AvgIpc) is 3.23. The summed E-state index contributed by atoms with van der Waals surface area (Å²) in [6.07, 6.45) is 0. The van der Waals surface area contributed by atoms with Gasteiger partial charge in [-0.1, -0.05) is 42.1 Å². The van der Waals surface area contributed by atoms with Gasteiger partial charge in [-0.15, -0.1) is 10.2 Å². The standard InChI is InChI=1S/C25H23FN4O4S/c1-17-27-28-25(30(17)20-9-13-21(33-2)14-10-20)35-24(15-29(31)32)18-7-11-22(12-8-18)34-16-19-5-3-4-6-23(19)26/h3-14,24H,15-16H2,1-2H3/t24-/m0/s1. The van der Waals surface area contributed by atoms with Gasteiger partial charge in [-0.05, 0) is 55.0 Å². The first kappa shape index (κ1) is 24.2. The van der Waals surface area contributed by atoms with Gasteiger partial charge < -0.3 is 9.47 Å². The van der Waals surface area contributed by atoms with E-state index in [4.69, 9.17) is 9.47 Å². The van der Waals surface area contributed by atoms with E-state index in [2.05, 4.69) is 10.2 Å². The zero-order valence-corrected chi connectivity index (χ0v) is 19.9. The van der Waals surface area contributed by atoms with Crippen LogP contribution in [0.2, 0.25) is 0 Å². The first-order valence-corrected chi connectivity index (χ1v) is 11.6. The number of aromatic nitrogens is 3. The van der Waals surface area contributed by atoms with Gasteiger partial charge in [-0.3, -0.25) is 14.7 Å². The Labute approximate surface area is 205 Å². The highest BCUT2D eigenvalue weighted by Crippen LogP contribution is 2.36. The molecule has 0 saturated carbocycles. The molecule has 8 nitrogen and oxygen atoms in total. The van der Waals surface area contributed by atoms with Crippen molar-refractivity contribution >= 4 is 11.8 Å². The molecule has 0 unspecified atom stereocenters. The predicted octanol–water partition coefficient (Wildman–Crippen LogP) is 5.41. The molecule has 1 heterocycles. The molecule has 0 radical (unpaired) electrons. The molecule has 0 aliphatic heterocycles. The molecule has 0 aliphatic carbocycles. The number of ether oxygens (including phenoxy) is 2. The van der Waals surface area contributed by atoms with Crippen molar-refractivity contribution in [3.8, 4) is 17.2 Å². The fraction of sp³-hybridized carbons (Fsp3) is 0.200. The predicted molar refractivity (Wildman–Crippen MR) is 130 cm³/mol. The topological polar surface area (TPSA) is 92.3 Å². The van der Waals surface area contributed by atoms with E-state index >= 15 is 0 Å². The Hall–Kier alpha value is -3.92. The summed E-state index contributed by atoms with van der Waals surface area (Å²) in [7, 11) is 1.60. The highest BCUT2D eigenvalue weighted by molar-refractivity contribution is 7.99. The summed E-state index contributed by atoms with van der Waals surface area (Å²) in [5, 5.41) is 19.9. The van der Waals surface area contributed by atoms with E-state index < -0.39 is 5.25 Å². The summed E-state index contributed by atoms with van der Waals surface area (Å²) >= 11 is 1.27. The lowest BCUT2D eigenvalue weighted by molar-refractivity contribution is -0.479. The third-order valence-electron chi connectivity index (χ3n) is 5.29. The Morgan fingerprint density at radius 1 is 1.03 bits per heavy atom. The van der Waals surface area contributed by atoms with E-state index in [0.29, 0.717) is 22.3 Å². The van der Waals surface area contributed by atoms with Gasteiger partial charge in [-0.25, -0.2) is 4.39 Å². The summed E-state index contributed by atoms with van der Waals surface area (Å²) in [6.45, 7) is 1.61. The molecule has 0 aliphatic rings. The first-order chi connectivity index (χ1) is 16.9. The Kier molecular flexibility index (Phi) is 7.61. The maximum Gasteiger partial charge on any atom is 0.220 e. The minimum Gasteiger partial charge on any atom is -0.497 e. The van der Waals surface area contributed by atoms with Crippen LogP contribution in [0.25, 0.3) is 5.69 Å². The van der Waals surface area contributed by atoms with E-state index in [1.807, 2.05) is 35.8 Å². The van der Waals surface area contributed by atoms with Gasteiger partial charge in [0.25, 0.3) is 0 Å². The zero-order chi connectivity index (χ0) is 24.8. The van der Waals surface area contributed by atoms with Crippen LogP contribution in [0.5, 0.6) is 11.5 Å². The molecule has 4 aromatic rings. The Balaban J connectivity index is 1.53. The Morgan fingerprint density at radius 3 is 2.37 bits per heavy atom. The monoisotopic (exact) mass is 494 g/mol. The van der Waals surface area contributed by atoms with Crippen LogP contribution < -0.4 is 9.47 Å². The molecule has 1 atom stereocenters. The van der Waals surface area contributed by atoms with E-state index in [9.17, 15) is 14.5 Å². The molecule has 0 fully saturated rings. The van der Waals surface area contributed by atoms with Crippen LogP contribution in [0.1, 0.15) is 22.2 Å². The minimum atomic E-state index is -0.508. The summed E-state index contributed by atoms with van der Waals surface area (Å²) in [5.41, 5.74) is 2.02. The zero-order valence-electron chi connectivity index (χ0n) is 19.1. The van der Waals surface area contributed by atoms with Crippen LogP contribution in [0.15, 0.2) is 78.0 Å². The van der Waals surface area contributed by atoms with E-state index in [-0.39, 0.29) is 23.9 Å². The van der Waals surface area contributed by atoms with Gasteiger partial charge in [0.15, 0.2) is 5.16 Å². The van der Waals surface area contributed by atoms with Crippen molar-refractivity contribution in [3.05, 3.63) is 106 Å². The quantitative estimate of drug-likeness (QED) is 0.165. The second-order valence-electron chi connectivity index (χ2n) is 7.63. The SMILES string of the molecule is COc1ccc(-n2c(C)nnc2S[C@@H](C[N+](=O)[O-])c2ccc(OCc3ccccc3F)cc2)cc1. The highest BCUT2D eigenvalue weighted by Gasteiger charge is 2.24. The molecule has 0 N–H and O–H groups in total. The van der Waals surface area contributed by atoms with Crippen molar-refractivity contribution in [3.63, 3.8) is 0 Å². The average molecular weight is 495 g/mol. The molecule has 3 aromatic carbocycles. The number of benzene rings is 3. The number of methoxy groups -OCH3 is 1. The molecule has 0 amide bonds. The van der Waals surface area contributed by atoms with Gasteiger partial charge in [0.05, 0.1) is 7.11 Å². The Bertz CT molecular complexity index is 1300. The summed E-state index contributed by atoms with van der Waals surface area (Å²) in [6, 6.07) is 20.8. The van der Waals surface area contributed by atoms with E-state index in [0.717, 1.165) is 17.0 Å². The van der Waals surface area contributed by atoms with Crippen LogP contribution in [0, 0.1) is 22.9 Å². The molecule has 0 spiro atoms. The van der Waals surface area contributed by atoms with Crippen LogP contribution in [0.3, 0.4) is 0 Å². The highest BCUT2D eigenvalue weighted by atomic mass is 32.2. The molecule has 180 valence electrons. The van der Waals surface area contributed by atoms with Crippen molar-refractivity contribution in [2.45, 2.75) is 23.9 Å². The molecule has 35 heavy (non-hydrogen) atoms. The number of aryl methyl sites for hydroxylation is 1. The second-order valence-corrected chi connectivity index (χ2v) is 8.80. The van der Waals surface area contributed by atoms with E-state index in [1.165, 1.54) is 17.8 Å². The molecule has 0 saturated heterocycles. The largest absolute Gasteiger partial charge is 0.497 e. The first-order valence-electron chi connectivity index (χ1n) is 10.8. The van der Waals surface area contributed by atoms with Crippen molar-refractivity contribution in [1.82, 2.24) is 14.8 Å². The minimum absolute atomic E-state index is 0.0866. The molecule has 0 bridgehead atoms. The van der Waals surface area contributed by atoms with Crippen LogP contribution in [-0.4, -0.2) is 33.3 Å². The molecule has 4 rings (SSSR count). The lowest BCUT2D eigenvalue weighted by Gasteiger charge is -2.15. The van der Waals surface area contributed by atoms with Gasteiger partial charge >= 0.3 is 0 Å². The van der Waals surface area contributed by atoms with E-state index in [1.54, 1.807) is 49.6 Å². The van der Waals surface area contributed by atoms with Crippen molar-refractivity contribution in [2.75, 3.05) is 13.7 Å². The lowest BCUT2D eigenvalue weighted by Crippen LogP contribution is -2.11. The van der Waals surface area contributed by atoms with Crippen LogP contribution >= 0.6 is 11.8 Å². The molecule has 10 heteroatoms. The number of hydrogen-bond acceptors (Lipinski definition) is 7. The lowest BCUT2D eigenvalue weighted by atomic mass is 10.1. The fourth-order valence-electron chi connectivity index (χ4n) is 3.48. The number of halogens is 1. The molecular weight excluding hydrogens is 471 g/mol. The summed E-state index contributed by atoms with van der Waals surface area (Å²) < 4.78 is 26.6. The van der Waals surface area contributed by atoms with Gasteiger partial charge in [0.2, 0.25) is 6.54 Å². The van der Waals surface area contributed by atoms with Gasteiger partial charge in [-0.2, -0.15) is 0 Å². The normalized spacial score (nSPS) is 11.7. The smallest absolute Gasteiger partial charge is 0.220 e. The van der Waals surface area contributed by atoms with Crippen LogP contribution in [0.4, 0.5) is 4.39 Å². The van der Waals surface area contributed by atoms with Gasteiger partial charge in [0.1, 0.15) is 35.0 Å². The third-order valence-corrected chi connectivity index (χ3v) is 6.47. The number of rotatable bonds is 10. The fourth-order valence-corrected chi connectivity index (χ4v) is 4.65. The maximum absolute atomic E-state index is 13.8. The van der Waals surface area contributed by atoms with Crippen molar-refractivity contribution < 1.29 is 18.8 Å². The number of hydrogen-bond donors (Lipinski definition) is 0. The maximum atomic E-state index is 13.8. The number of nitro groups is 1. The summed E-state index contributed by atoms with van der Waals surface area (Å²) in [4.78, 5) is 11.1. The van der Waals surface area contributed by atoms with Crippen molar-refractivity contribution in [1.29, 1.82) is 0 Å². The number of thioether (sulfide) groups is 1. The number of nitrogens with zero attached hydrogens (tertiary/aromatic N) is 4. The second kappa shape index (κ2) is 11.0. The molecular formula is C25H23FN4O4S. The van der Waals surface area contributed by atoms with Crippen molar-refractivity contribution in [2.24, 2.45) is 0 Å². The third kappa shape index (κ3) is 5.96. The molecule has 1 aromatic heterocycles. The summed E-state index contributed by atoms with van der Waals surface area (Å²) in [5.74, 6) is 1.59. The van der Waals surface area contributed by atoms with Gasteiger partial charge in [0, 0.05) is 16.2 Å². The van der Waals surface area contributed by atoms with Crippen LogP contribution in [-0.2, 0) is 6.61 Å². The Morgan fingerprint density at radius 2 is 1.71 bits per heavy atom.